The van der Waals surface area contributed by atoms with Crippen LogP contribution in [-0.4, -0.2) is 60.8 Å². The van der Waals surface area contributed by atoms with Crippen LogP contribution in [0.25, 0.3) is 11.4 Å². The molecule has 1 amide bonds. The number of ether oxygens (including phenoxy) is 3. The first-order valence-electron chi connectivity index (χ1n) is 12.0. The predicted molar refractivity (Wildman–Crippen MR) is 137 cm³/mol. The summed E-state index contributed by atoms with van der Waals surface area (Å²) in [6.45, 7) is 3.78. The molecular weight excluding hydrogens is 500 g/mol. The lowest BCUT2D eigenvalue weighted by molar-refractivity contribution is -0.121. The van der Waals surface area contributed by atoms with E-state index in [4.69, 9.17) is 30.3 Å². The van der Waals surface area contributed by atoms with Crippen LogP contribution in [0.15, 0.2) is 40.9 Å². The summed E-state index contributed by atoms with van der Waals surface area (Å²) in [5, 5.41) is 7.23. The van der Waals surface area contributed by atoms with Crippen LogP contribution >= 0.6 is 11.6 Å². The number of carbonyl (C=O) groups is 2. The molecule has 4 rings (SSSR count). The number of likely N-dealkylation sites (tertiary alicyclic amines) is 1. The maximum atomic E-state index is 13.0. The molecule has 1 aliphatic heterocycles. The molecule has 0 radical (unpaired) electrons. The average Bonchev–Trinajstić information content (AvgIpc) is 3.37. The number of methoxy groups -OCH3 is 2. The van der Waals surface area contributed by atoms with Gasteiger partial charge in [-0.3, -0.25) is 9.69 Å². The van der Waals surface area contributed by atoms with E-state index in [0.29, 0.717) is 42.0 Å². The molecule has 1 unspecified atom stereocenters. The van der Waals surface area contributed by atoms with E-state index in [1.165, 1.54) is 0 Å². The quantitative estimate of drug-likeness (QED) is 0.402. The van der Waals surface area contributed by atoms with Gasteiger partial charge in [-0.05, 0) is 62.7 Å². The highest BCUT2D eigenvalue weighted by atomic mass is 35.5. The van der Waals surface area contributed by atoms with Gasteiger partial charge in [0.25, 0.3) is 0 Å². The molecular formula is C26H29ClN4O6. The van der Waals surface area contributed by atoms with E-state index in [-0.39, 0.29) is 29.0 Å². The van der Waals surface area contributed by atoms with Crippen molar-refractivity contribution in [2.45, 2.75) is 26.3 Å². The predicted octanol–water partition coefficient (Wildman–Crippen LogP) is 4.43. The molecule has 196 valence electrons. The third-order valence-corrected chi connectivity index (χ3v) is 6.39. The molecule has 1 atom stereocenters. The van der Waals surface area contributed by atoms with Crippen molar-refractivity contribution >= 4 is 29.2 Å². The maximum absolute atomic E-state index is 13.0. The van der Waals surface area contributed by atoms with E-state index in [9.17, 15) is 9.59 Å². The monoisotopic (exact) mass is 528 g/mol. The van der Waals surface area contributed by atoms with Crippen LogP contribution < -0.4 is 14.8 Å². The van der Waals surface area contributed by atoms with E-state index in [2.05, 4.69) is 20.4 Å². The second-order valence-corrected chi connectivity index (χ2v) is 8.97. The number of anilines is 1. The third-order valence-electron chi connectivity index (χ3n) is 6.08. The number of rotatable bonds is 9. The van der Waals surface area contributed by atoms with Gasteiger partial charge in [0.15, 0.2) is 11.5 Å². The Kier molecular flexibility index (Phi) is 8.62. The SMILES string of the molecule is CCOC(=O)c1ccc(NC(=O)C2CCCN(Cc3nc(-c4ccc(OC)c(OC)c4)no3)C2)cc1Cl. The van der Waals surface area contributed by atoms with Gasteiger partial charge in [-0.2, -0.15) is 4.98 Å². The van der Waals surface area contributed by atoms with Crippen molar-refractivity contribution in [1.29, 1.82) is 0 Å². The van der Waals surface area contributed by atoms with Gasteiger partial charge in [0.05, 0.1) is 43.9 Å². The Hall–Kier alpha value is -3.63. The van der Waals surface area contributed by atoms with Crippen molar-refractivity contribution in [3.63, 3.8) is 0 Å². The van der Waals surface area contributed by atoms with Crippen LogP contribution in [0.2, 0.25) is 5.02 Å². The van der Waals surface area contributed by atoms with Crippen molar-refractivity contribution in [3.8, 4) is 22.9 Å². The van der Waals surface area contributed by atoms with Crippen molar-refractivity contribution in [2.75, 3.05) is 39.2 Å². The van der Waals surface area contributed by atoms with Crippen molar-refractivity contribution < 1.29 is 28.3 Å². The van der Waals surface area contributed by atoms with E-state index >= 15 is 0 Å². The molecule has 0 aliphatic carbocycles. The van der Waals surface area contributed by atoms with Gasteiger partial charge in [-0.1, -0.05) is 16.8 Å². The summed E-state index contributed by atoms with van der Waals surface area (Å²) in [6, 6.07) is 10.2. The number of benzene rings is 2. The molecule has 1 fully saturated rings. The Bertz CT molecular complexity index is 1260. The summed E-state index contributed by atoms with van der Waals surface area (Å²) in [4.78, 5) is 31.5. The largest absolute Gasteiger partial charge is 0.493 e. The van der Waals surface area contributed by atoms with Crippen LogP contribution in [0.3, 0.4) is 0 Å². The Morgan fingerprint density at radius 3 is 2.70 bits per heavy atom. The first-order chi connectivity index (χ1) is 17.9. The number of amides is 1. The van der Waals surface area contributed by atoms with Crippen LogP contribution in [-0.2, 0) is 16.1 Å². The lowest BCUT2D eigenvalue weighted by Gasteiger charge is -2.30. The summed E-state index contributed by atoms with van der Waals surface area (Å²) >= 11 is 6.22. The van der Waals surface area contributed by atoms with Gasteiger partial charge in [0.2, 0.25) is 17.6 Å². The molecule has 0 saturated carbocycles. The molecule has 37 heavy (non-hydrogen) atoms. The molecule has 1 N–H and O–H groups in total. The number of aromatic nitrogens is 2. The van der Waals surface area contributed by atoms with Gasteiger partial charge >= 0.3 is 5.97 Å². The summed E-state index contributed by atoms with van der Waals surface area (Å²) in [7, 11) is 3.15. The lowest BCUT2D eigenvalue weighted by Crippen LogP contribution is -2.40. The van der Waals surface area contributed by atoms with Crippen molar-refractivity contribution in [2.24, 2.45) is 5.92 Å². The van der Waals surface area contributed by atoms with Crippen molar-refractivity contribution in [1.82, 2.24) is 15.0 Å². The number of nitrogens with one attached hydrogen (secondary N) is 1. The lowest BCUT2D eigenvalue weighted by atomic mass is 9.97. The zero-order valence-corrected chi connectivity index (χ0v) is 21.7. The molecule has 11 heteroatoms. The second kappa shape index (κ2) is 12.1. The normalized spacial score (nSPS) is 15.7. The molecule has 0 spiro atoms. The van der Waals surface area contributed by atoms with Crippen LogP contribution in [0.5, 0.6) is 11.5 Å². The Labute approximate surface area is 219 Å². The zero-order valence-electron chi connectivity index (χ0n) is 21.0. The maximum Gasteiger partial charge on any atom is 0.339 e. The molecule has 1 aromatic heterocycles. The number of esters is 1. The molecule has 1 saturated heterocycles. The summed E-state index contributed by atoms with van der Waals surface area (Å²) < 4.78 is 21.1. The van der Waals surface area contributed by atoms with Gasteiger partial charge in [-0.15, -0.1) is 0 Å². The fourth-order valence-electron chi connectivity index (χ4n) is 4.23. The second-order valence-electron chi connectivity index (χ2n) is 8.56. The number of hydrogen-bond donors (Lipinski definition) is 1. The number of nitrogens with zero attached hydrogens (tertiary/aromatic N) is 3. The minimum absolute atomic E-state index is 0.110. The first kappa shape index (κ1) is 26.4. The fourth-order valence-corrected chi connectivity index (χ4v) is 4.49. The summed E-state index contributed by atoms with van der Waals surface area (Å²) in [6.07, 6.45) is 1.62. The van der Waals surface area contributed by atoms with Crippen molar-refractivity contribution in [3.05, 3.63) is 52.9 Å². The van der Waals surface area contributed by atoms with E-state index < -0.39 is 5.97 Å². The van der Waals surface area contributed by atoms with Gasteiger partial charge in [0, 0.05) is 17.8 Å². The highest BCUT2D eigenvalue weighted by molar-refractivity contribution is 6.34. The molecule has 1 aliphatic rings. The Balaban J connectivity index is 1.36. The Morgan fingerprint density at radius 2 is 1.97 bits per heavy atom. The molecule has 10 nitrogen and oxygen atoms in total. The fraction of sp³-hybridized carbons (Fsp3) is 0.385. The first-order valence-corrected chi connectivity index (χ1v) is 12.3. The minimum Gasteiger partial charge on any atom is -0.493 e. The third kappa shape index (κ3) is 6.39. The van der Waals surface area contributed by atoms with Gasteiger partial charge < -0.3 is 24.1 Å². The molecule has 2 aromatic carbocycles. The number of piperidine rings is 1. The highest BCUT2D eigenvalue weighted by Gasteiger charge is 2.27. The molecule has 3 aromatic rings. The zero-order chi connectivity index (χ0) is 26.4. The van der Waals surface area contributed by atoms with Gasteiger partial charge in [-0.25, -0.2) is 4.79 Å². The molecule has 2 heterocycles. The van der Waals surface area contributed by atoms with E-state index in [1.54, 1.807) is 51.5 Å². The topological polar surface area (TPSA) is 116 Å². The number of hydrogen-bond acceptors (Lipinski definition) is 9. The van der Waals surface area contributed by atoms with Crippen LogP contribution in [0.4, 0.5) is 5.69 Å². The molecule has 0 bridgehead atoms. The number of halogens is 1. The van der Waals surface area contributed by atoms with E-state index in [0.717, 1.165) is 24.9 Å². The Morgan fingerprint density at radius 1 is 1.16 bits per heavy atom. The number of carbonyl (C=O) groups excluding carboxylic acids is 2. The smallest absolute Gasteiger partial charge is 0.339 e. The summed E-state index contributed by atoms with van der Waals surface area (Å²) in [5.41, 5.74) is 1.53. The highest BCUT2D eigenvalue weighted by Crippen LogP contribution is 2.31. The van der Waals surface area contributed by atoms with Crippen LogP contribution in [0, 0.1) is 5.92 Å². The average molecular weight is 529 g/mol. The van der Waals surface area contributed by atoms with Gasteiger partial charge in [0.1, 0.15) is 0 Å². The summed E-state index contributed by atoms with van der Waals surface area (Å²) in [5.74, 6) is 1.28. The minimum atomic E-state index is -0.497. The standard InChI is InChI=1S/C26H29ClN4O6/c1-4-36-26(33)19-9-8-18(13-20(19)27)28-25(32)17-6-5-11-31(14-17)15-23-29-24(30-37-23)16-7-10-21(34-2)22(12-16)35-3/h7-10,12-13,17H,4-6,11,14-15H2,1-3H3,(H,28,32). The van der Waals surface area contributed by atoms with E-state index in [1.807, 2.05) is 6.07 Å². The van der Waals surface area contributed by atoms with Crippen LogP contribution in [0.1, 0.15) is 36.0 Å².